The van der Waals surface area contributed by atoms with Crippen LogP contribution in [0.25, 0.3) is 5.52 Å². The Morgan fingerprint density at radius 1 is 1.54 bits per heavy atom. The topological polar surface area (TPSA) is 102 Å². The van der Waals surface area contributed by atoms with Crippen LogP contribution in [-0.2, 0) is 14.3 Å². The number of carbonyl (C=O) groups is 1. The molecule has 2 aromatic heterocycles. The van der Waals surface area contributed by atoms with Gasteiger partial charge in [0, 0.05) is 13.5 Å². The monoisotopic (exact) mass is 397 g/mol. The highest BCUT2D eigenvalue weighted by Gasteiger charge is 2.40. The van der Waals surface area contributed by atoms with Gasteiger partial charge >= 0.3 is 12.1 Å². The number of nitrogens with one attached hydrogen (secondary N) is 1. The van der Waals surface area contributed by atoms with E-state index in [-0.39, 0.29) is 35.4 Å². The summed E-state index contributed by atoms with van der Waals surface area (Å²) in [6.45, 7) is 2.88. The van der Waals surface area contributed by atoms with Crippen LogP contribution in [0.15, 0.2) is 12.3 Å². The Kier molecular flexibility index (Phi) is 5.42. The lowest BCUT2D eigenvalue weighted by Gasteiger charge is -2.31. The molecule has 1 aliphatic rings. The standard InChI is InChI=1S/C17H18F3N5O3/c1-9(17(18,19)20)15-11(6-21)5-12-7-22-16(24-25(12)15)23-13-3-4-27-8-14(13)28-10(2)26/h5,7,9,13-14H,3-4,8H2,1-2H3,(H,23,24)/t9?,13-,14-/m1/s1. The lowest BCUT2D eigenvalue weighted by atomic mass is 10.0. The average molecular weight is 397 g/mol. The smallest absolute Gasteiger partial charge is 0.397 e. The number of nitrogens with zero attached hydrogens (tertiary/aromatic N) is 4. The average Bonchev–Trinajstić information content (AvgIpc) is 2.99. The Morgan fingerprint density at radius 2 is 2.29 bits per heavy atom. The summed E-state index contributed by atoms with van der Waals surface area (Å²) in [5.41, 5.74) is -0.0872. The van der Waals surface area contributed by atoms with Gasteiger partial charge in [0.1, 0.15) is 12.2 Å². The summed E-state index contributed by atoms with van der Waals surface area (Å²) in [5.74, 6) is -2.29. The first-order valence-electron chi connectivity index (χ1n) is 8.57. The first-order valence-corrected chi connectivity index (χ1v) is 8.57. The number of carbonyl (C=O) groups excluding carboxylic acids is 1. The third kappa shape index (κ3) is 4.01. The molecule has 0 radical (unpaired) electrons. The van der Waals surface area contributed by atoms with Gasteiger partial charge in [-0.15, -0.1) is 5.10 Å². The molecule has 0 amide bonds. The lowest BCUT2D eigenvalue weighted by molar-refractivity contribution is -0.153. The Bertz CT molecular complexity index is 921. The maximum atomic E-state index is 13.3. The van der Waals surface area contributed by atoms with Gasteiger partial charge in [-0.25, -0.2) is 9.50 Å². The highest BCUT2D eigenvalue weighted by atomic mass is 19.4. The molecule has 28 heavy (non-hydrogen) atoms. The molecule has 1 fully saturated rings. The van der Waals surface area contributed by atoms with Crippen molar-refractivity contribution in [3.8, 4) is 6.07 Å². The molecule has 1 unspecified atom stereocenters. The van der Waals surface area contributed by atoms with Crippen LogP contribution < -0.4 is 5.32 Å². The molecule has 3 rings (SSSR count). The molecule has 3 heterocycles. The number of esters is 1. The number of halogens is 3. The summed E-state index contributed by atoms with van der Waals surface area (Å²) in [5, 5.41) is 16.4. The summed E-state index contributed by atoms with van der Waals surface area (Å²) < 4.78 is 51.4. The quantitative estimate of drug-likeness (QED) is 0.791. The van der Waals surface area contributed by atoms with Gasteiger partial charge < -0.3 is 14.8 Å². The number of ether oxygens (including phenoxy) is 2. The van der Waals surface area contributed by atoms with Crippen molar-refractivity contribution in [2.45, 2.75) is 44.5 Å². The van der Waals surface area contributed by atoms with Crippen LogP contribution >= 0.6 is 0 Å². The zero-order valence-electron chi connectivity index (χ0n) is 15.2. The Balaban J connectivity index is 1.95. The molecule has 1 N–H and O–H groups in total. The third-order valence-electron chi connectivity index (χ3n) is 4.51. The maximum absolute atomic E-state index is 13.3. The first-order chi connectivity index (χ1) is 13.2. The second-order valence-electron chi connectivity index (χ2n) is 6.50. The van der Waals surface area contributed by atoms with E-state index in [1.54, 1.807) is 6.07 Å². The molecule has 11 heteroatoms. The van der Waals surface area contributed by atoms with Gasteiger partial charge in [-0.1, -0.05) is 0 Å². The summed E-state index contributed by atoms with van der Waals surface area (Å²) in [4.78, 5) is 15.4. The molecule has 1 saturated heterocycles. The molecule has 2 aromatic rings. The van der Waals surface area contributed by atoms with Gasteiger partial charge in [0.2, 0.25) is 5.95 Å². The summed E-state index contributed by atoms with van der Waals surface area (Å²) >= 11 is 0. The van der Waals surface area contributed by atoms with E-state index < -0.39 is 24.2 Å². The van der Waals surface area contributed by atoms with E-state index in [2.05, 4.69) is 15.4 Å². The number of hydrogen-bond acceptors (Lipinski definition) is 7. The molecule has 150 valence electrons. The lowest BCUT2D eigenvalue weighted by Crippen LogP contribution is -2.44. The second kappa shape index (κ2) is 7.63. The normalized spacial score (nSPS) is 21.1. The van der Waals surface area contributed by atoms with Crippen LogP contribution in [0.2, 0.25) is 0 Å². The van der Waals surface area contributed by atoms with Gasteiger partial charge in [0.25, 0.3) is 0 Å². The number of alkyl halides is 3. The van der Waals surface area contributed by atoms with E-state index in [0.29, 0.717) is 13.0 Å². The predicted molar refractivity (Wildman–Crippen MR) is 90.6 cm³/mol. The van der Waals surface area contributed by atoms with E-state index in [4.69, 9.17) is 9.47 Å². The SMILES string of the molecule is CC(=O)O[C@@H]1COCC[C@H]1Nc1ncc2cc(C#N)c(C(C)C(F)(F)F)n2n1. The van der Waals surface area contributed by atoms with Crippen LogP contribution in [0.5, 0.6) is 0 Å². The van der Waals surface area contributed by atoms with Crippen molar-refractivity contribution in [2.75, 3.05) is 18.5 Å². The minimum Gasteiger partial charge on any atom is -0.458 e. The molecule has 1 aliphatic heterocycles. The fraction of sp³-hybridized carbons (Fsp3) is 0.529. The molecule has 0 aliphatic carbocycles. The number of nitriles is 1. The zero-order valence-corrected chi connectivity index (χ0v) is 15.2. The van der Waals surface area contributed by atoms with Crippen molar-refractivity contribution in [1.82, 2.24) is 14.6 Å². The number of rotatable bonds is 4. The van der Waals surface area contributed by atoms with Crippen molar-refractivity contribution in [2.24, 2.45) is 0 Å². The molecule has 8 nitrogen and oxygen atoms in total. The highest BCUT2D eigenvalue weighted by Crippen LogP contribution is 2.36. The van der Waals surface area contributed by atoms with E-state index in [1.807, 2.05) is 0 Å². The Labute approximate surface area is 158 Å². The molecular weight excluding hydrogens is 379 g/mol. The van der Waals surface area contributed by atoms with E-state index in [1.165, 1.54) is 19.2 Å². The minimum atomic E-state index is -4.53. The summed E-state index contributed by atoms with van der Waals surface area (Å²) in [6, 6.07) is 2.74. The van der Waals surface area contributed by atoms with Gasteiger partial charge in [0.15, 0.2) is 0 Å². The van der Waals surface area contributed by atoms with Crippen molar-refractivity contribution >= 4 is 17.4 Å². The third-order valence-corrected chi connectivity index (χ3v) is 4.51. The van der Waals surface area contributed by atoms with Crippen LogP contribution in [0.1, 0.15) is 37.4 Å². The van der Waals surface area contributed by atoms with Crippen LogP contribution in [0.3, 0.4) is 0 Å². The highest BCUT2D eigenvalue weighted by molar-refractivity contribution is 5.66. The van der Waals surface area contributed by atoms with Gasteiger partial charge in [0.05, 0.1) is 41.5 Å². The molecule has 0 aromatic carbocycles. The van der Waals surface area contributed by atoms with E-state index >= 15 is 0 Å². The molecule has 0 spiro atoms. The number of anilines is 1. The Morgan fingerprint density at radius 3 is 2.93 bits per heavy atom. The van der Waals surface area contributed by atoms with E-state index in [9.17, 15) is 23.2 Å². The fourth-order valence-corrected chi connectivity index (χ4v) is 3.09. The van der Waals surface area contributed by atoms with Crippen LogP contribution in [-0.4, -0.2) is 52.1 Å². The number of fused-ring (bicyclic) bond motifs is 1. The molecule has 0 bridgehead atoms. The summed E-state index contributed by atoms with van der Waals surface area (Å²) in [7, 11) is 0. The number of hydrogen-bond donors (Lipinski definition) is 1. The van der Waals surface area contributed by atoms with Gasteiger partial charge in [-0.3, -0.25) is 4.79 Å². The fourth-order valence-electron chi connectivity index (χ4n) is 3.09. The summed E-state index contributed by atoms with van der Waals surface area (Å²) in [6.07, 6.45) is -3.26. The molecular formula is C17H18F3N5O3. The van der Waals surface area contributed by atoms with E-state index in [0.717, 1.165) is 11.4 Å². The van der Waals surface area contributed by atoms with Gasteiger partial charge in [-0.2, -0.15) is 18.4 Å². The first kappa shape index (κ1) is 19.9. The van der Waals surface area contributed by atoms with Crippen molar-refractivity contribution in [3.05, 3.63) is 23.5 Å². The van der Waals surface area contributed by atoms with Crippen molar-refractivity contribution in [1.29, 1.82) is 5.26 Å². The van der Waals surface area contributed by atoms with Crippen LogP contribution in [0.4, 0.5) is 19.1 Å². The largest absolute Gasteiger partial charge is 0.458 e. The predicted octanol–water partition coefficient (Wildman–Crippen LogP) is 2.40. The second-order valence-corrected chi connectivity index (χ2v) is 6.50. The van der Waals surface area contributed by atoms with Crippen molar-refractivity contribution in [3.63, 3.8) is 0 Å². The van der Waals surface area contributed by atoms with Gasteiger partial charge in [-0.05, 0) is 19.4 Å². The van der Waals surface area contributed by atoms with Crippen molar-refractivity contribution < 1.29 is 27.4 Å². The minimum absolute atomic E-state index is 0.0623. The Hall–Kier alpha value is -2.87. The maximum Gasteiger partial charge on any atom is 0.397 e. The number of aromatic nitrogens is 3. The zero-order chi connectivity index (χ0) is 20.5. The van der Waals surface area contributed by atoms with Crippen LogP contribution in [0, 0.1) is 11.3 Å². The molecule has 3 atom stereocenters. The molecule has 0 saturated carbocycles.